The van der Waals surface area contributed by atoms with Crippen LogP contribution in [-0.2, 0) is 6.54 Å². The molecule has 0 saturated carbocycles. The zero-order valence-electron chi connectivity index (χ0n) is 15.5. The van der Waals surface area contributed by atoms with Crippen molar-refractivity contribution in [2.75, 3.05) is 56.3 Å². The third-order valence-electron chi connectivity index (χ3n) is 4.86. The van der Waals surface area contributed by atoms with Crippen LogP contribution in [0.25, 0.3) is 0 Å². The first-order chi connectivity index (χ1) is 13.2. The molecule has 2 aliphatic heterocycles. The van der Waals surface area contributed by atoms with E-state index in [0.29, 0.717) is 13.3 Å². The van der Waals surface area contributed by atoms with Crippen molar-refractivity contribution >= 4 is 11.8 Å². The van der Waals surface area contributed by atoms with Crippen LogP contribution in [0, 0.1) is 6.92 Å². The maximum absolute atomic E-state index is 9.00. The molecule has 1 fully saturated rings. The van der Waals surface area contributed by atoms with Crippen molar-refractivity contribution in [1.82, 2.24) is 14.9 Å². The van der Waals surface area contributed by atoms with Gasteiger partial charge in [0.15, 0.2) is 11.5 Å². The van der Waals surface area contributed by atoms with Crippen LogP contribution in [0.15, 0.2) is 24.4 Å². The molecule has 0 radical (unpaired) electrons. The number of nitrogens with zero attached hydrogens (tertiary/aromatic N) is 4. The van der Waals surface area contributed by atoms with Crippen molar-refractivity contribution in [1.29, 1.82) is 0 Å². The highest BCUT2D eigenvalue weighted by Crippen LogP contribution is 2.32. The van der Waals surface area contributed by atoms with Crippen LogP contribution < -0.4 is 19.7 Å². The third kappa shape index (κ3) is 4.06. The lowest BCUT2D eigenvalue weighted by Crippen LogP contribution is -2.46. The molecule has 8 nitrogen and oxygen atoms in total. The van der Waals surface area contributed by atoms with Crippen LogP contribution >= 0.6 is 0 Å². The van der Waals surface area contributed by atoms with Crippen molar-refractivity contribution in [3.8, 4) is 11.5 Å². The Kier molecular flexibility index (Phi) is 5.26. The molecule has 2 aromatic rings. The van der Waals surface area contributed by atoms with E-state index in [2.05, 4.69) is 37.2 Å². The summed E-state index contributed by atoms with van der Waals surface area (Å²) in [6.07, 6.45) is 1.83. The number of rotatable bonds is 6. The normalized spacial score (nSPS) is 16.6. The average Bonchev–Trinajstić information content (AvgIpc) is 3.16. The molecule has 0 aliphatic carbocycles. The number of hydrogen-bond donors (Lipinski definition) is 2. The third-order valence-corrected chi connectivity index (χ3v) is 4.86. The van der Waals surface area contributed by atoms with Crippen molar-refractivity contribution in [2.45, 2.75) is 13.5 Å². The van der Waals surface area contributed by atoms with E-state index in [1.54, 1.807) is 0 Å². The monoisotopic (exact) mass is 371 g/mol. The quantitative estimate of drug-likeness (QED) is 0.785. The number of piperazine rings is 1. The minimum atomic E-state index is 0.0807. The molecule has 8 heteroatoms. The number of anilines is 2. The molecule has 0 spiro atoms. The number of benzene rings is 1. The maximum Gasteiger partial charge on any atom is 0.231 e. The Morgan fingerprint density at radius 1 is 1.15 bits per heavy atom. The second kappa shape index (κ2) is 7.98. The molecule has 2 N–H and O–H groups in total. The van der Waals surface area contributed by atoms with Crippen LogP contribution in [0.5, 0.6) is 11.5 Å². The Balaban J connectivity index is 1.35. The number of aliphatic hydroxyl groups is 1. The van der Waals surface area contributed by atoms with Gasteiger partial charge in [-0.05, 0) is 24.6 Å². The van der Waals surface area contributed by atoms with Gasteiger partial charge in [-0.25, -0.2) is 4.98 Å². The molecule has 27 heavy (non-hydrogen) atoms. The van der Waals surface area contributed by atoms with Gasteiger partial charge in [0.05, 0.1) is 6.61 Å². The molecule has 0 atom stereocenters. The number of nitrogens with one attached hydrogen (secondary N) is 1. The van der Waals surface area contributed by atoms with Gasteiger partial charge in [0.2, 0.25) is 12.7 Å². The summed E-state index contributed by atoms with van der Waals surface area (Å²) in [6, 6.07) is 6.15. The van der Waals surface area contributed by atoms with Gasteiger partial charge in [-0.2, -0.15) is 4.98 Å². The van der Waals surface area contributed by atoms with E-state index in [9.17, 15) is 0 Å². The Bertz CT molecular complexity index is 793. The minimum absolute atomic E-state index is 0.0807. The van der Waals surface area contributed by atoms with E-state index in [-0.39, 0.29) is 6.61 Å². The summed E-state index contributed by atoms with van der Waals surface area (Å²) in [6.45, 7) is 7.40. The minimum Gasteiger partial charge on any atom is -0.454 e. The highest BCUT2D eigenvalue weighted by molar-refractivity contribution is 5.47. The summed E-state index contributed by atoms with van der Waals surface area (Å²) >= 11 is 0. The van der Waals surface area contributed by atoms with E-state index in [0.717, 1.165) is 61.6 Å². The molecule has 3 heterocycles. The smallest absolute Gasteiger partial charge is 0.231 e. The second-order valence-corrected chi connectivity index (χ2v) is 6.80. The van der Waals surface area contributed by atoms with Crippen LogP contribution in [0.2, 0.25) is 0 Å². The maximum atomic E-state index is 9.00. The predicted octanol–water partition coefficient (Wildman–Crippen LogP) is 1.24. The zero-order chi connectivity index (χ0) is 18.6. The van der Waals surface area contributed by atoms with Gasteiger partial charge in [-0.3, -0.25) is 4.90 Å². The molecule has 2 aliphatic rings. The lowest BCUT2D eigenvalue weighted by Gasteiger charge is -2.34. The molecule has 1 aromatic heterocycles. The molecule has 0 amide bonds. The Morgan fingerprint density at radius 3 is 2.78 bits per heavy atom. The van der Waals surface area contributed by atoms with Crippen molar-refractivity contribution in [3.05, 3.63) is 35.5 Å². The average molecular weight is 371 g/mol. The number of aromatic nitrogens is 2. The van der Waals surface area contributed by atoms with Gasteiger partial charge >= 0.3 is 0 Å². The van der Waals surface area contributed by atoms with E-state index in [1.165, 1.54) is 5.56 Å². The van der Waals surface area contributed by atoms with Gasteiger partial charge in [0.1, 0.15) is 5.82 Å². The number of aryl methyl sites for hydroxylation is 1. The van der Waals surface area contributed by atoms with Crippen molar-refractivity contribution in [2.24, 2.45) is 0 Å². The number of hydrogen-bond acceptors (Lipinski definition) is 8. The Labute approximate surface area is 158 Å². The molecule has 1 saturated heterocycles. The lowest BCUT2D eigenvalue weighted by atomic mass is 10.1. The topological polar surface area (TPSA) is 83.0 Å². The fourth-order valence-electron chi connectivity index (χ4n) is 3.34. The molecule has 0 bridgehead atoms. The zero-order valence-corrected chi connectivity index (χ0v) is 15.5. The highest BCUT2D eigenvalue weighted by Gasteiger charge is 2.21. The summed E-state index contributed by atoms with van der Waals surface area (Å²) in [5.41, 5.74) is 2.21. The number of fused-ring (bicyclic) bond motifs is 1. The highest BCUT2D eigenvalue weighted by atomic mass is 16.7. The largest absolute Gasteiger partial charge is 0.454 e. The molecule has 144 valence electrons. The fourth-order valence-corrected chi connectivity index (χ4v) is 3.34. The first kappa shape index (κ1) is 17.8. The summed E-state index contributed by atoms with van der Waals surface area (Å²) < 4.78 is 10.8. The fraction of sp³-hybridized carbons (Fsp3) is 0.474. The van der Waals surface area contributed by atoms with Crippen molar-refractivity contribution < 1.29 is 14.6 Å². The number of ether oxygens (including phenoxy) is 2. The molecule has 0 unspecified atom stereocenters. The van der Waals surface area contributed by atoms with Gasteiger partial charge < -0.3 is 24.8 Å². The summed E-state index contributed by atoms with van der Waals surface area (Å²) in [5.74, 6) is 3.19. The van der Waals surface area contributed by atoms with Gasteiger partial charge in [-0.15, -0.1) is 0 Å². The molecule has 4 rings (SSSR count). The van der Waals surface area contributed by atoms with Crippen LogP contribution in [0.3, 0.4) is 0 Å². The van der Waals surface area contributed by atoms with E-state index < -0.39 is 0 Å². The van der Waals surface area contributed by atoms with Crippen LogP contribution in [0.1, 0.15) is 11.1 Å². The Hall–Kier alpha value is -2.58. The van der Waals surface area contributed by atoms with E-state index in [4.69, 9.17) is 14.6 Å². The summed E-state index contributed by atoms with van der Waals surface area (Å²) in [4.78, 5) is 13.7. The van der Waals surface area contributed by atoms with Gasteiger partial charge in [0.25, 0.3) is 0 Å². The first-order valence-electron chi connectivity index (χ1n) is 9.27. The second-order valence-electron chi connectivity index (χ2n) is 6.80. The SMILES string of the molecule is Cc1cnc(N2CCN(Cc3ccc4c(c3)OCO4)CC2)nc1NCCO. The molecular formula is C19H25N5O3. The van der Waals surface area contributed by atoms with Crippen LogP contribution in [0.4, 0.5) is 11.8 Å². The van der Waals surface area contributed by atoms with Crippen LogP contribution in [-0.4, -0.2) is 66.1 Å². The van der Waals surface area contributed by atoms with Gasteiger partial charge in [-0.1, -0.05) is 6.07 Å². The summed E-state index contributed by atoms with van der Waals surface area (Å²) in [5, 5.41) is 12.1. The molecular weight excluding hydrogens is 346 g/mol. The Morgan fingerprint density at radius 2 is 1.96 bits per heavy atom. The lowest BCUT2D eigenvalue weighted by molar-refractivity contribution is 0.174. The van der Waals surface area contributed by atoms with Crippen molar-refractivity contribution in [3.63, 3.8) is 0 Å². The number of aliphatic hydroxyl groups excluding tert-OH is 1. The van der Waals surface area contributed by atoms with Gasteiger partial charge in [0, 0.05) is 51.0 Å². The summed E-state index contributed by atoms with van der Waals surface area (Å²) in [7, 11) is 0. The first-order valence-corrected chi connectivity index (χ1v) is 9.27. The standard InChI is InChI=1S/C19H25N5O3/c1-14-11-21-19(22-18(14)20-4-9-25)24-7-5-23(6-8-24)12-15-2-3-16-17(10-15)27-13-26-16/h2-3,10-11,25H,4-9,12-13H2,1H3,(H,20,21,22). The molecule has 1 aromatic carbocycles. The van der Waals surface area contributed by atoms with E-state index in [1.807, 2.05) is 19.2 Å². The van der Waals surface area contributed by atoms with E-state index >= 15 is 0 Å². The predicted molar refractivity (Wildman–Crippen MR) is 102 cm³/mol.